The van der Waals surface area contributed by atoms with Crippen LogP contribution in [0.25, 0.3) is 0 Å². The van der Waals surface area contributed by atoms with Crippen LogP contribution in [-0.2, 0) is 16.6 Å². The Hall–Kier alpha value is -2.72. The van der Waals surface area contributed by atoms with Gasteiger partial charge in [0.25, 0.3) is 5.56 Å². The number of benzene rings is 1. The van der Waals surface area contributed by atoms with Crippen molar-refractivity contribution in [2.45, 2.75) is 30.8 Å². The minimum Gasteiger partial charge on any atom is -0.486 e. The number of hydrogen-bond donors (Lipinski definition) is 2. The molecule has 0 spiro atoms. The lowest BCUT2D eigenvalue weighted by Crippen LogP contribution is -2.35. The Morgan fingerprint density at radius 3 is 2.44 bits per heavy atom. The van der Waals surface area contributed by atoms with E-state index in [0.29, 0.717) is 18.8 Å². The van der Waals surface area contributed by atoms with Crippen LogP contribution in [0.3, 0.4) is 0 Å². The van der Waals surface area contributed by atoms with Gasteiger partial charge in [0.15, 0.2) is 0 Å². The first-order valence-corrected chi connectivity index (χ1v) is 9.86. The van der Waals surface area contributed by atoms with Crippen molar-refractivity contribution in [3.8, 4) is 5.75 Å². The van der Waals surface area contributed by atoms with Crippen LogP contribution in [0.4, 0.5) is 0 Å². The van der Waals surface area contributed by atoms with Crippen molar-refractivity contribution in [3.05, 3.63) is 52.2 Å². The second kappa shape index (κ2) is 7.89. The number of carboxylic acid groups (broad SMARTS) is 1. The van der Waals surface area contributed by atoms with Gasteiger partial charge in [-0.3, -0.25) is 4.79 Å². The van der Waals surface area contributed by atoms with Crippen molar-refractivity contribution in [3.63, 3.8) is 0 Å². The predicted octanol–water partition coefficient (Wildman–Crippen LogP) is 1.22. The molecule has 27 heavy (non-hydrogen) atoms. The van der Waals surface area contributed by atoms with Crippen LogP contribution in [0, 0.1) is 0 Å². The van der Waals surface area contributed by atoms with Crippen molar-refractivity contribution in [2.24, 2.45) is 0 Å². The van der Waals surface area contributed by atoms with Crippen LogP contribution in [-0.4, -0.2) is 46.9 Å². The fourth-order valence-corrected chi connectivity index (χ4v) is 4.29. The lowest BCUT2D eigenvalue weighted by Gasteiger charge is -2.25. The van der Waals surface area contributed by atoms with Crippen molar-refractivity contribution in [1.29, 1.82) is 0 Å². The molecule has 0 saturated carbocycles. The topological polar surface area (TPSA) is 130 Å². The van der Waals surface area contributed by atoms with Crippen LogP contribution in [0.15, 0.2) is 40.2 Å². The summed E-state index contributed by atoms with van der Waals surface area (Å²) in [5.41, 5.74) is -1.22. The standard InChI is InChI=1S/C17H19N3O6S/c21-16-14(17(22)23)10-18-15(19-16)11-26-12-4-6-13(7-5-12)27(24,25)20-8-2-1-3-9-20/h4-7,10H,1-3,8-9,11H2,(H,22,23)(H,18,19,21). The zero-order chi connectivity index (χ0) is 19.4. The van der Waals surface area contributed by atoms with Gasteiger partial charge in [0.05, 0.1) is 4.90 Å². The van der Waals surface area contributed by atoms with E-state index in [1.54, 1.807) is 0 Å². The summed E-state index contributed by atoms with van der Waals surface area (Å²) in [5, 5.41) is 8.81. The van der Waals surface area contributed by atoms with E-state index in [9.17, 15) is 18.0 Å². The second-order valence-corrected chi connectivity index (χ2v) is 8.04. The molecular weight excluding hydrogens is 374 g/mol. The van der Waals surface area contributed by atoms with Crippen molar-refractivity contribution >= 4 is 16.0 Å². The second-order valence-electron chi connectivity index (χ2n) is 6.10. The van der Waals surface area contributed by atoms with Gasteiger partial charge < -0.3 is 14.8 Å². The summed E-state index contributed by atoms with van der Waals surface area (Å²) in [4.78, 5) is 28.8. The van der Waals surface area contributed by atoms with E-state index in [0.717, 1.165) is 25.5 Å². The van der Waals surface area contributed by atoms with Crippen LogP contribution in [0.5, 0.6) is 5.75 Å². The highest BCUT2D eigenvalue weighted by Crippen LogP contribution is 2.22. The molecule has 9 nitrogen and oxygen atoms in total. The Kier molecular flexibility index (Phi) is 5.57. The molecule has 1 aliphatic heterocycles. The van der Waals surface area contributed by atoms with E-state index in [1.165, 1.54) is 28.6 Å². The quantitative estimate of drug-likeness (QED) is 0.755. The van der Waals surface area contributed by atoms with Gasteiger partial charge in [0, 0.05) is 19.3 Å². The van der Waals surface area contributed by atoms with Gasteiger partial charge in [-0.15, -0.1) is 0 Å². The zero-order valence-electron chi connectivity index (χ0n) is 14.4. The van der Waals surface area contributed by atoms with E-state index < -0.39 is 27.1 Å². The molecule has 2 aromatic rings. The summed E-state index contributed by atoms with van der Waals surface area (Å²) >= 11 is 0. The maximum atomic E-state index is 12.6. The molecule has 0 radical (unpaired) electrons. The van der Waals surface area contributed by atoms with Crippen LogP contribution >= 0.6 is 0 Å². The summed E-state index contributed by atoms with van der Waals surface area (Å²) < 4.78 is 32.1. The van der Waals surface area contributed by atoms with Crippen molar-refractivity contribution < 1.29 is 23.1 Å². The molecule has 1 aromatic heterocycles. The van der Waals surface area contributed by atoms with Gasteiger partial charge in [-0.05, 0) is 37.1 Å². The zero-order valence-corrected chi connectivity index (χ0v) is 15.2. The molecule has 0 atom stereocenters. The molecule has 1 saturated heterocycles. The first kappa shape index (κ1) is 19.1. The van der Waals surface area contributed by atoms with E-state index in [2.05, 4.69) is 9.97 Å². The third-order valence-electron chi connectivity index (χ3n) is 4.23. The maximum absolute atomic E-state index is 12.6. The van der Waals surface area contributed by atoms with E-state index in [-0.39, 0.29) is 17.3 Å². The molecule has 1 fully saturated rings. The average Bonchev–Trinajstić information content (AvgIpc) is 2.67. The number of aromatic amines is 1. The fraction of sp³-hybridized carbons (Fsp3) is 0.353. The van der Waals surface area contributed by atoms with Crippen molar-refractivity contribution in [2.75, 3.05) is 13.1 Å². The van der Waals surface area contributed by atoms with Crippen LogP contribution in [0.1, 0.15) is 35.4 Å². The Labute approximate surface area is 155 Å². The molecule has 0 unspecified atom stereocenters. The Bertz CT molecular complexity index is 978. The summed E-state index contributed by atoms with van der Waals surface area (Å²) in [5.74, 6) is -0.797. The molecule has 10 heteroatoms. The fourth-order valence-electron chi connectivity index (χ4n) is 2.77. The Morgan fingerprint density at radius 2 is 1.85 bits per heavy atom. The predicted molar refractivity (Wildman–Crippen MR) is 95.2 cm³/mol. The van der Waals surface area contributed by atoms with E-state index >= 15 is 0 Å². The lowest BCUT2D eigenvalue weighted by molar-refractivity contribution is 0.0694. The van der Waals surface area contributed by atoms with Gasteiger partial charge in [-0.2, -0.15) is 4.31 Å². The molecule has 2 heterocycles. The number of nitrogens with zero attached hydrogens (tertiary/aromatic N) is 2. The number of carbonyl (C=O) groups is 1. The number of nitrogens with one attached hydrogen (secondary N) is 1. The molecule has 1 aromatic carbocycles. The molecule has 0 amide bonds. The van der Waals surface area contributed by atoms with Gasteiger partial charge in [-0.1, -0.05) is 6.42 Å². The molecule has 3 rings (SSSR count). The summed E-state index contributed by atoms with van der Waals surface area (Å²) in [6.45, 7) is 0.977. The van der Waals surface area contributed by atoms with Crippen LogP contribution < -0.4 is 10.3 Å². The molecular formula is C17H19N3O6S. The number of sulfonamides is 1. The Balaban J connectivity index is 1.66. The smallest absolute Gasteiger partial charge is 0.342 e. The molecule has 0 bridgehead atoms. The minimum absolute atomic E-state index is 0.0899. The summed E-state index contributed by atoms with van der Waals surface area (Å²) in [6, 6.07) is 6.01. The van der Waals surface area contributed by atoms with Gasteiger partial charge in [0.2, 0.25) is 10.0 Å². The minimum atomic E-state index is -3.50. The molecule has 2 N–H and O–H groups in total. The molecule has 0 aliphatic carbocycles. The first-order chi connectivity index (χ1) is 12.9. The number of ether oxygens (including phenoxy) is 1. The number of rotatable bonds is 6. The van der Waals surface area contributed by atoms with E-state index in [1.807, 2.05) is 0 Å². The first-order valence-electron chi connectivity index (χ1n) is 8.42. The lowest BCUT2D eigenvalue weighted by atomic mass is 10.2. The van der Waals surface area contributed by atoms with Gasteiger partial charge >= 0.3 is 5.97 Å². The largest absolute Gasteiger partial charge is 0.486 e. The highest BCUT2D eigenvalue weighted by atomic mass is 32.2. The van der Waals surface area contributed by atoms with Crippen molar-refractivity contribution in [1.82, 2.24) is 14.3 Å². The highest BCUT2D eigenvalue weighted by Gasteiger charge is 2.25. The molecule has 1 aliphatic rings. The number of H-pyrrole nitrogens is 1. The average molecular weight is 393 g/mol. The molecule has 144 valence electrons. The van der Waals surface area contributed by atoms with E-state index in [4.69, 9.17) is 9.84 Å². The third kappa shape index (κ3) is 4.34. The normalized spacial score (nSPS) is 15.4. The summed E-state index contributed by atoms with van der Waals surface area (Å²) in [6.07, 6.45) is 3.75. The number of hydrogen-bond acceptors (Lipinski definition) is 6. The maximum Gasteiger partial charge on any atom is 0.342 e. The summed E-state index contributed by atoms with van der Waals surface area (Å²) in [7, 11) is -3.50. The van der Waals surface area contributed by atoms with Gasteiger partial charge in [-0.25, -0.2) is 18.2 Å². The van der Waals surface area contributed by atoms with Crippen LogP contribution in [0.2, 0.25) is 0 Å². The number of piperidine rings is 1. The SMILES string of the molecule is O=C(O)c1cnc(COc2ccc(S(=O)(=O)N3CCCCC3)cc2)[nH]c1=O. The monoisotopic (exact) mass is 393 g/mol. The van der Waals surface area contributed by atoms with Gasteiger partial charge in [0.1, 0.15) is 23.7 Å². The highest BCUT2D eigenvalue weighted by molar-refractivity contribution is 7.89. The number of aromatic carboxylic acids is 1. The number of carboxylic acids is 1. The number of aromatic nitrogens is 2. The Morgan fingerprint density at radius 1 is 1.19 bits per heavy atom. The third-order valence-corrected chi connectivity index (χ3v) is 6.15.